The molecule has 3 rings (SSSR count). The Morgan fingerprint density at radius 3 is 2.74 bits per heavy atom. The van der Waals surface area contributed by atoms with E-state index in [9.17, 15) is 9.18 Å². The summed E-state index contributed by atoms with van der Waals surface area (Å²) >= 11 is 1.67. The molecule has 19 heavy (non-hydrogen) atoms. The molecule has 0 spiro atoms. The number of Topliss-reactive ketones (excluding diaryl/α,β-unsaturated/α-hetero) is 1. The van der Waals surface area contributed by atoms with Crippen LogP contribution in [0.2, 0.25) is 0 Å². The van der Waals surface area contributed by atoms with Crippen molar-refractivity contribution in [1.29, 1.82) is 0 Å². The van der Waals surface area contributed by atoms with Crippen LogP contribution in [-0.2, 0) is 6.54 Å². The van der Waals surface area contributed by atoms with Gasteiger partial charge in [-0.3, -0.25) is 4.79 Å². The first-order valence-electron chi connectivity index (χ1n) is 5.87. The van der Waals surface area contributed by atoms with Crippen molar-refractivity contribution < 1.29 is 13.8 Å². The first-order chi connectivity index (χ1) is 9.22. The predicted octanol–water partition coefficient (Wildman–Crippen LogP) is 3.21. The van der Waals surface area contributed by atoms with E-state index in [1.54, 1.807) is 11.3 Å². The number of ketones is 1. The van der Waals surface area contributed by atoms with Crippen LogP contribution in [0.15, 0.2) is 54.2 Å². The van der Waals surface area contributed by atoms with Gasteiger partial charge in [-0.25, -0.2) is 4.39 Å². The zero-order valence-corrected chi connectivity index (χ0v) is 10.9. The molecule has 0 aliphatic rings. The lowest BCUT2D eigenvalue weighted by atomic mass is 10.1. The van der Waals surface area contributed by atoms with Crippen molar-refractivity contribution in [2.45, 2.75) is 6.54 Å². The zero-order chi connectivity index (χ0) is 13.2. The average Bonchev–Trinajstić information content (AvgIpc) is 2.87. The molecule has 0 amide bonds. The van der Waals surface area contributed by atoms with E-state index in [-0.39, 0.29) is 18.1 Å². The lowest BCUT2D eigenvalue weighted by Gasteiger charge is -1.98. The minimum atomic E-state index is -0.330. The smallest absolute Gasteiger partial charge is 0.227 e. The van der Waals surface area contributed by atoms with E-state index in [2.05, 4.69) is 0 Å². The normalized spacial score (nSPS) is 10.8. The van der Waals surface area contributed by atoms with Gasteiger partial charge in [-0.15, -0.1) is 11.3 Å². The van der Waals surface area contributed by atoms with E-state index in [0.29, 0.717) is 5.56 Å². The third kappa shape index (κ3) is 2.53. The Bertz CT molecular complexity index is 733. The van der Waals surface area contributed by atoms with Gasteiger partial charge in [-0.1, -0.05) is 0 Å². The van der Waals surface area contributed by atoms with Crippen LogP contribution in [0.5, 0.6) is 0 Å². The second kappa shape index (κ2) is 4.90. The van der Waals surface area contributed by atoms with Crippen molar-refractivity contribution in [2.24, 2.45) is 0 Å². The second-order valence-electron chi connectivity index (χ2n) is 4.29. The minimum Gasteiger partial charge on any atom is -0.287 e. The largest absolute Gasteiger partial charge is 0.287 e. The van der Waals surface area contributed by atoms with Crippen molar-refractivity contribution in [2.75, 3.05) is 0 Å². The number of aromatic nitrogens is 1. The molecule has 1 aromatic carbocycles. The Morgan fingerprint density at radius 1 is 1.16 bits per heavy atom. The monoisotopic (exact) mass is 272 g/mol. The van der Waals surface area contributed by atoms with Gasteiger partial charge in [-0.2, -0.15) is 4.57 Å². The topological polar surface area (TPSA) is 20.9 Å². The molecule has 0 atom stereocenters. The summed E-state index contributed by atoms with van der Waals surface area (Å²) in [5, 5.41) is 3.15. The summed E-state index contributed by atoms with van der Waals surface area (Å²) in [4.78, 5) is 12.1. The number of hydrogen-bond acceptors (Lipinski definition) is 2. The fraction of sp³-hybridized carbons (Fsp3) is 0.0667. The number of rotatable bonds is 3. The molecule has 0 aliphatic heterocycles. The Morgan fingerprint density at radius 2 is 1.95 bits per heavy atom. The van der Waals surface area contributed by atoms with E-state index < -0.39 is 0 Å². The average molecular weight is 272 g/mol. The van der Waals surface area contributed by atoms with Crippen molar-refractivity contribution in [3.63, 3.8) is 0 Å². The molecule has 2 aromatic heterocycles. The highest BCUT2D eigenvalue weighted by Gasteiger charge is 2.12. The fourth-order valence-electron chi connectivity index (χ4n) is 1.95. The Labute approximate surface area is 113 Å². The number of pyridine rings is 1. The van der Waals surface area contributed by atoms with Gasteiger partial charge in [0.15, 0.2) is 12.4 Å². The van der Waals surface area contributed by atoms with E-state index in [0.717, 1.165) is 5.39 Å². The number of thiophene rings is 1. The molecular weight excluding hydrogens is 261 g/mol. The number of nitrogens with zero attached hydrogens (tertiary/aromatic N) is 1. The quantitative estimate of drug-likeness (QED) is 0.530. The summed E-state index contributed by atoms with van der Waals surface area (Å²) in [5.74, 6) is -0.358. The maximum Gasteiger partial charge on any atom is 0.227 e. The molecule has 0 unspecified atom stereocenters. The van der Waals surface area contributed by atoms with Crippen LogP contribution in [-0.4, -0.2) is 5.78 Å². The molecule has 0 saturated carbocycles. The number of halogens is 1. The predicted molar refractivity (Wildman–Crippen MR) is 72.8 cm³/mol. The van der Waals surface area contributed by atoms with Crippen LogP contribution >= 0.6 is 11.3 Å². The molecule has 0 saturated heterocycles. The Hall–Kier alpha value is -2.07. The summed E-state index contributed by atoms with van der Waals surface area (Å²) in [5.41, 5.74) is 0.527. The van der Waals surface area contributed by atoms with Gasteiger partial charge in [0.1, 0.15) is 5.82 Å². The van der Waals surface area contributed by atoms with Gasteiger partial charge < -0.3 is 0 Å². The Balaban J connectivity index is 1.83. The van der Waals surface area contributed by atoms with Crippen molar-refractivity contribution >= 4 is 27.2 Å². The molecule has 3 aromatic rings. The number of carbonyl (C=O) groups is 1. The standard InChI is InChI=1S/C15H11FNOS/c16-13-3-1-11(2-4-13)14(18)10-17-7-5-15-12(9-17)6-8-19-15/h1-9H,10H2/q+1. The van der Waals surface area contributed by atoms with Crippen molar-refractivity contribution in [3.8, 4) is 0 Å². The van der Waals surface area contributed by atoms with E-state index >= 15 is 0 Å². The van der Waals surface area contributed by atoms with Gasteiger partial charge in [0.2, 0.25) is 12.3 Å². The highest BCUT2D eigenvalue weighted by Crippen LogP contribution is 2.17. The number of benzene rings is 1. The summed E-state index contributed by atoms with van der Waals surface area (Å²) in [6.45, 7) is 0.261. The molecule has 0 N–H and O–H groups in total. The third-order valence-corrected chi connectivity index (χ3v) is 3.84. The van der Waals surface area contributed by atoms with Crippen LogP contribution < -0.4 is 4.57 Å². The highest BCUT2D eigenvalue weighted by atomic mass is 32.1. The fourth-order valence-corrected chi connectivity index (χ4v) is 2.71. The maximum absolute atomic E-state index is 12.8. The molecule has 0 fully saturated rings. The van der Waals surface area contributed by atoms with Gasteiger partial charge in [0.05, 0.1) is 5.39 Å². The van der Waals surface area contributed by atoms with Gasteiger partial charge in [0.25, 0.3) is 0 Å². The molecule has 2 heterocycles. The minimum absolute atomic E-state index is 0.0282. The molecular formula is C15H11FNOS+. The zero-order valence-electron chi connectivity index (χ0n) is 10.0. The lowest BCUT2D eigenvalue weighted by molar-refractivity contribution is -0.681. The SMILES string of the molecule is O=C(C[n+]1ccc2sccc2c1)c1ccc(F)cc1. The molecule has 4 heteroatoms. The van der Waals surface area contributed by atoms with E-state index in [1.165, 1.54) is 29.0 Å². The molecule has 0 bridgehead atoms. The summed E-state index contributed by atoms with van der Waals surface area (Å²) < 4.78 is 15.8. The molecule has 0 aliphatic carbocycles. The van der Waals surface area contributed by atoms with Crippen LogP contribution in [0.25, 0.3) is 10.1 Å². The summed E-state index contributed by atoms with van der Waals surface area (Å²) in [6, 6.07) is 9.67. The number of carbonyl (C=O) groups excluding carboxylic acids is 1. The lowest BCUT2D eigenvalue weighted by Crippen LogP contribution is -2.37. The van der Waals surface area contributed by atoms with Crippen LogP contribution in [0.1, 0.15) is 10.4 Å². The first-order valence-corrected chi connectivity index (χ1v) is 6.75. The van der Waals surface area contributed by atoms with Crippen LogP contribution in [0.3, 0.4) is 0 Å². The number of fused-ring (bicyclic) bond motifs is 1. The van der Waals surface area contributed by atoms with E-state index in [4.69, 9.17) is 0 Å². The second-order valence-corrected chi connectivity index (χ2v) is 5.24. The number of hydrogen-bond donors (Lipinski definition) is 0. The van der Waals surface area contributed by atoms with Gasteiger partial charge in [0, 0.05) is 16.3 Å². The van der Waals surface area contributed by atoms with Crippen LogP contribution in [0.4, 0.5) is 4.39 Å². The van der Waals surface area contributed by atoms with Gasteiger partial charge >= 0.3 is 0 Å². The summed E-state index contributed by atoms with van der Waals surface area (Å²) in [6.07, 6.45) is 3.84. The highest BCUT2D eigenvalue weighted by molar-refractivity contribution is 7.17. The summed E-state index contributed by atoms with van der Waals surface area (Å²) in [7, 11) is 0. The van der Waals surface area contributed by atoms with Crippen LogP contribution in [0, 0.1) is 5.82 Å². The third-order valence-electron chi connectivity index (χ3n) is 2.94. The Kier molecular flexibility index (Phi) is 3.09. The van der Waals surface area contributed by atoms with Gasteiger partial charge in [-0.05, 0) is 35.7 Å². The first kappa shape index (κ1) is 12.0. The molecule has 94 valence electrons. The van der Waals surface area contributed by atoms with E-state index in [1.807, 2.05) is 34.5 Å². The van der Waals surface area contributed by atoms with Crippen molar-refractivity contribution in [1.82, 2.24) is 0 Å². The molecule has 0 radical (unpaired) electrons. The maximum atomic E-state index is 12.8. The van der Waals surface area contributed by atoms with Crippen molar-refractivity contribution in [3.05, 3.63) is 65.6 Å². The molecule has 2 nitrogen and oxygen atoms in total.